The number of anilines is 1. The quantitative estimate of drug-likeness (QED) is 0.526. The first-order valence-electron chi connectivity index (χ1n) is 10.7. The maximum atomic E-state index is 12.4. The van der Waals surface area contributed by atoms with Crippen LogP contribution < -0.4 is 15.3 Å². The van der Waals surface area contributed by atoms with Gasteiger partial charge in [-0.2, -0.15) is 5.10 Å². The summed E-state index contributed by atoms with van der Waals surface area (Å²) in [5.41, 5.74) is 4.97. The maximum absolute atomic E-state index is 12.4. The summed E-state index contributed by atoms with van der Waals surface area (Å²) >= 11 is 0. The Hall–Kier alpha value is -4.39. The molecule has 0 fully saturated rings. The van der Waals surface area contributed by atoms with Crippen molar-refractivity contribution >= 4 is 23.3 Å². The molecule has 0 aliphatic carbocycles. The fraction of sp³-hybridized carbons (Fsp3) is 0.115. The van der Waals surface area contributed by atoms with Gasteiger partial charge in [-0.05, 0) is 41.0 Å². The smallest absolute Gasteiger partial charge is 0.348 e. The Morgan fingerprint density at radius 3 is 2.21 bits per heavy atom. The van der Waals surface area contributed by atoms with E-state index in [2.05, 4.69) is 39.4 Å². The number of nitrogens with one attached hydrogen (secondary N) is 1. The van der Waals surface area contributed by atoms with Crippen molar-refractivity contribution in [2.24, 2.45) is 4.99 Å². The van der Waals surface area contributed by atoms with Crippen LogP contribution in [0.25, 0.3) is 11.3 Å². The lowest BCUT2D eigenvalue weighted by Gasteiger charge is -2.31. The van der Waals surface area contributed by atoms with E-state index in [0.29, 0.717) is 5.82 Å². The van der Waals surface area contributed by atoms with Gasteiger partial charge in [0.05, 0.1) is 18.7 Å². The molecule has 0 bridgehead atoms. The second-order valence-electron chi connectivity index (χ2n) is 7.98. The van der Waals surface area contributed by atoms with Gasteiger partial charge >= 0.3 is 5.69 Å². The fourth-order valence-electron chi connectivity index (χ4n) is 4.75. The number of benzene rings is 3. The van der Waals surface area contributed by atoms with Crippen LogP contribution in [0.3, 0.4) is 0 Å². The van der Waals surface area contributed by atoms with Gasteiger partial charge in [0, 0.05) is 5.69 Å². The molecule has 2 unspecified atom stereocenters. The van der Waals surface area contributed by atoms with Crippen molar-refractivity contribution in [3.8, 4) is 5.75 Å². The van der Waals surface area contributed by atoms with E-state index in [-0.39, 0.29) is 17.8 Å². The van der Waals surface area contributed by atoms with E-state index in [1.807, 2.05) is 60.7 Å². The second kappa shape index (κ2) is 7.63. The fourth-order valence-corrected chi connectivity index (χ4v) is 4.75. The Bertz CT molecular complexity index is 1420. The zero-order chi connectivity index (χ0) is 22.4. The molecule has 7 nitrogen and oxygen atoms in total. The van der Waals surface area contributed by atoms with Crippen molar-refractivity contribution in [3.05, 3.63) is 112 Å². The van der Waals surface area contributed by atoms with Crippen molar-refractivity contribution in [2.75, 3.05) is 12.0 Å². The number of methoxy groups -OCH3 is 1. The predicted octanol–water partition coefficient (Wildman–Crippen LogP) is 3.97. The Kier molecular flexibility index (Phi) is 4.47. The Labute approximate surface area is 190 Å². The van der Waals surface area contributed by atoms with E-state index in [4.69, 9.17) is 9.73 Å². The van der Waals surface area contributed by atoms with E-state index < -0.39 is 0 Å². The first-order chi connectivity index (χ1) is 16.3. The van der Waals surface area contributed by atoms with Crippen molar-refractivity contribution < 1.29 is 4.74 Å². The third kappa shape index (κ3) is 3.01. The zero-order valence-electron chi connectivity index (χ0n) is 17.9. The highest BCUT2D eigenvalue weighted by molar-refractivity contribution is 6.04. The van der Waals surface area contributed by atoms with Crippen LogP contribution in [0.15, 0.2) is 94.7 Å². The number of aromatic amines is 1. The lowest BCUT2D eigenvalue weighted by molar-refractivity contribution is 0.415. The number of ether oxygens (including phenoxy) is 1. The van der Waals surface area contributed by atoms with Crippen LogP contribution in [-0.4, -0.2) is 34.4 Å². The van der Waals surface area contributed by atoms with Crippen LogP contribution in [0, 0.1) is 0 Å². The number of rotatable bonds is 4. The van der Waals surface area contributed by atoms with Crippen LogP contribution in [0.2, 0.25) is 0 Å². The van der Waals surface area contributed by atoms with E-state index >= 15 is 0 Å². The average molecular weight is 435 g/mol. The molecule has 1 aromatic heterocycles. The third-order valence-electron chi connectivity index (χ3n) is 6.20. The minimum absolute atomic E-state index is 0.228. The Morgan fingerprint density at radius 1 is 0.879 bits per heavy atom. The first-order valence-corrected chi connectivity index (χ1v) is 10.7. The van der Waals surface area contributed by atoms with E-state index in [1.165, 1.54) is 4.57 Å². The molecule has 0 spiro atoms. The van der Waals surface area contributed by atoms with E-state index in [0.717, 1.165) is 33.8 Å². The molecule has 4 aromatic rings. The SMILES string of the molecule is COc1ccc(N2C(c3ccccc3)=C(c3ccccc3)C3c4n[nH]c(=O)n4C=NC32)cc1. The topological polar surface area (TPSA) is 75.5 Å². The highest BCUT2D eigenvalue weighted by Crippen LogP contribution is 2.52. The number of fused-ring (bicyclic) bond motifs is 3. The van der Waals surface area contributed by atoms with Gasteiger partial charge in [-0.3, -0.25) is 0 Å². The molecule has 3 heterocycles. The summed E-state index contributed by atoms with van der Waals surface area (Å²) in [4.78, 5) is 19.5. The number of aromatic nitrogens is 3. The number of aliphatic imine (C=N–C) groups is 1. The van der Waals surface area contributed by atoms with E-state index in [1.54, 1.807) is 13.4 Å². The third-order valence-corrected chi connectivity index (χ3v) is 6.20. The Morgan fingerprint density at radius 2 is 1.55 bits per heavy atom. The molecule has 1 N–H and O–H groups in total. The van der Waals surface area contributed by atoms with Crippen LogP contribution >= 0.6 is 0 Å². The molecule has 2 aliphatic heterocycles. The summed E-state index contributed by atoms with van der Waals surface area (Å²) in [6.07, 6.45) is 1.29. The summed E-state index contributed by atoms with van der Waals surface area (Å²) in [6, 6.07) is 28.5. The molecule has 0 amide bonds. The summed E-state index contributed by atoms with van der Waals surface area (Å²) in [7, 11) is 1.66. The molecule has 0 saturated carbocycles. The standard InChI is InChI=1S/C26H21N5O2/c1-33-20-14-12-19(13-15-20)31-23(18-10-6-3-7-11-18)21(17-8-4-2-5-9-17)22-24(31)27-16-30-25(22)28-29-26(30)32/h2-16,22,24H,1H3,(H,29,32). The molecular formula is C26H21N5O2. The molecule has 33 heavy (non-hydrogen) atoms. The lowest BCUT2D eigenvalue weighted by atomic mass is 9.89. The average Bonchev–Trinajstić information content (AvgIpc) is 3.43. The summed E-state index contributed by atoms with van der Waals surface area (Å²) in [5.74, 6) is 1.22. The molecule has 6 rings (SSSR count). The van der Waals surface area contributed by atoms with Crippen LogP contribution in [0.1, 0.15) is 22.9 Å². The molecule has 2 aliphatic rings. The molecule has 3 aromatic carbocycles. The van der Waals surface area contributed by atoms with Gasteiger partial charge in [-0.25, -0.2) is 19.5 Å². The Balaban J connectivity index is 1.66. The van der Waals surface area contributed by atoms with Crippen LogP contribution in [0.5, 0.6) is 5.75 Å². The van der Waals surface area contributed by atoms with Gasteiger partial charge in [0.2, 0.25) is 0 Å². The van der Waals surface area contributed by atoms with Gasteiger partial charge in [0.25, 0.3) is 0 Å². The molecule has 7 heteroatoms. The second-order valence-corrected chi connectivity index (χ2v) is 7.98. The molecule has 0 saturated heterocycles. The van der Waals surface area contributed by atoms with Gasteiger partial charge < -0.3 is 9.64 Å². The van der Waals surface area contributed by atoms with Crippen LogP contribution in [0.4, 0.5) is 5.69 Å². The minimum Gasteiger partial charge on any atom is -0.497 e. The van der Waals surface area contributed by atoms with Gasteiger partial charge in [-0.1, -0.05) is 60.7 Å². The first kappa shape index (κ1) is 19.3. The van der Waals surface area contributed by atoms with Crippen molar-refractivity contribution in [2.45, 2.75) is 12.1 Å². The normalized spacial score (nSPS) is 18.9. The molecule has 2 atom stereocenters. The van der Waals surface area contributed by atoms with Crippen molar-refractivity contribution in [1.29, 1.82) is 0 Å². The lowest BCUT2D eigenvalue weighted by Crippen LogP contribution is -2.37. The molecular weight excluding hydrogens is 414 g/mol. The highest BCUT2D eigenvalue weighted by Gasteiger charge is 2.47. The molecule has 0 radical (unpaired) electrons. The largest absolute Gasteiger partial charge is 0.497 e. The van der Waals surface area contributed by atoms with Gasteiger partial charge in [-0.15, -0.1) is 0 Å². The summed E-state index contributed by atoms with van der Waals surface area (Å²) < 4.78 is 6.88. The van der Waals surface area contributed by atoms with Crippen molar-refractivity contribution in [3.63, 3.8) is 0 Å². The highest BCUT2D eigenvalue weighted by atomic mass is 16.5. The monoisotopic (exact) mass is 435 g/mol. The zero-order valence-corrected chi connectivity index (χ0v) is 17.9. The number of nitrogens with zero attached hydrogens (tertiary/aromatic N) is 4. The van der Waals surface area contributed by atoms with Gasteiger partial charge in [0.15, 0.2) is 5.82 Å². The summed E-state index contributed by atoms with van der Waals surface area (Å²) in [6.45, 7) is 0. The predicted molar refractivity (Wildman–Crippen MR) is 128 cm³/mol. The summed E-state index contributed by atoms with van der Waals surface area (Å²) in [5, 5.41) is 7.01. The van der Waals surface area contributed by atoms with E-state index in [9.17, 15) is 4.79 Å². The van der Waals surface area contributed by atoms with Crippen molar-refractivity contribution in [1.82, 2.24) is 14.8 Å². The number of H-pyrrole nitrogens is 1. The van der Waals surface area contributed by atoms with Gasteiger partial charge in [0.1, 0.15) is 18.3 Å². The minimum atomic E-state index is -0.288. The molecule has 162 valence electrons. The van der Waals surface area contributed by atoms with Crippen LogP contribution in [-0.2, 0) is 0 Å². The number of hydrogen-bond acceptors (Lipinski definition) is 5. The maximum Gasteiger partial charge on any atom is 0.348 e. The number of hydrogen-bond donors (Lipinski definition) is 1.